The lowest BCUT2D eigenvalue weighted by Gasteiger charge is -2.17. The van der Waals surface area contributed by atoms with Gasteiger partial charge in [-0.15, -0.1) is 26.3 Å². The highest BCUT2D eigenvalue weighted by Crippen LogP contribution is 2.35. The number of aromatic nitrogens is 2. The third kappa shape index (κ3) is 14.4. The quantitative estimate of drug-likeness (QED) is 0.0786. The van der Waals surface area contributed by atoms with E-state index < -0.39 is 36.5 Å². The molecule has 4 aromatic carbocycles. The van der Waals surface area contributed by atoms with Gasteiger partial charge in [-0.3, -0.25) is 9.59 Å². The molecular weight excluding hydrogens is 854 g/mol. The second-order valence-corrected chi connectivity index (χ2v) is 14.6. The third-order valence-corrected chi connectivity index (χ3v) is 9.42. The van der Waals surface area contributed by atoms with Crippen LogP contribution < -0.4 is 18.9 Å². The normalized spacial score (nSPS) is 12.4. The van der Waals surface area contributed by atoms with E-state index in [-0.39, 0.29) is 49.0 Å². The molecule has 0 saturated heterocycles. The molecule has 6 rings (SSSR count). The van der Waals surface area contributed by atoms with Crippen LogP contribution in [0.4, 0.5) is 26.3 Å². The van der Waals surface area contributed by atoms with Crippen molar-refractivity contribution in [3.8, 4) is 23.0 Å². The fourth-order valence-electron chi connectivity index (χ4n) is 6.44. The van der Waals surface area contributed by atoms with Crippen LogP contribution in [0.2, 0.25) is 0 Å². The molecule has 18 heteroatoms. The molecule has 0 unspecified atom stereocenters. The van der Waals surface area contributed by atoms with Crippen LogP contribution in [-0.4, -0.2) is 45.2 Å². The first kappa shape index (κ1) is 47.8. The first-order valence-corrected chi connectivity index (χ1v) is 19.4. The van der Waals surface area contributed by atoms with Gasteiger partial charge in [0.25, 0.3) is 0 Å². The van der Waals surface area contributed by atoms with Gasteiger partial charge in [-0.05, 0) is 82.6 Å². The van der Waals surface area contributed by atoms with Gasteiger partial charge in [-0.2, -0.15) is 0 Å². The molecule has 0 spiro atoms. The van der Waals surface area contributed by atoms with E-state index in [1.54, 1.807) is 99.6 Å². The molecule has 0 amide bonds. The fraction of sp³-hybridized carbons (Fsp3) is 0.261. The topological polar surface area (TPSA) is 164 Å². The summed E-state index contributed by atoms with van der Waals surface area (Å²) in [6, 6.07) is 25.7. The lowest BCUT2D eigenvalue weighted by molar-refractivity contribution is -0.275. The number of carbonyl (C=O) groups is 2. The van der Waals surface area contributed by atoms with Crippen molar-refractivity contribution >= 4 is 17.5 Å². The second kappa shape index (κ2) is 21.2. The van der Waals surface area contributed by atoms with Crippen LogP contribution >= 0.6 is 0 Å². The van der Waals surface area contributed by atoms with Crippen molar-refractivity contribution < 1.29 is 74.1 Å². The summed E-state index contributed by atoms with van der Waals surface area (Å²) in [4.78, 5) is 22.4. The number of hydrogen-bond donors (Lipinski definition) is 2. The van der Waals surface area contributed by atoms with E-state index in [9.17, 15) is 46.1 Å². The maximum atomic E-state index is 12.8. The van der Waals surface area contributed by atoms with E-state index in [1.807, 2.05) is 0 Å². The molecule has 12 nitrogen and oxygen atoms in total. The van der Waals surface area contributed by atoms with E-state index >= 15 is 0 Å². The summed E-state index contributed by atoms with van der Waals surface area (Å²) in [7, 11) is 0. The average Bonchev–Trinajstić information content (AvgIpc) is 3.96. The van der Waals surface area contributed by atoms with Gasteiger partial charge in [0.1, 0.15) is 48.7 Å². The zero-order chi connectivity index (χ0) is 46.6. The van der Waals surface area contributed by atoms with Gasteiger partial charge < -0.3 is 38.2 Å². The minimum Gasteiger partial charge on any atom is -0.489 e. The maximum absolute atomic E-state index is 12.8. The molecule has 0 bridgehead atoms. The molecule has 64 heavy (non-hydrogen) atoms. The molecule has 0 radical (unpaired) electrons. The molecule has 2 atom stereocenters. The molecule has 0 fully saturated rings. The van der Waals surface area contributed by atoms with Crippen molar-refractivity contribution in [2.24, 2.45) is 0 Å². The van der Waals surface area contributed by atoms with Gasteiger partial charge in [0, 0.05) is 29.5 Å². The molecule has 0 aliphatic carbocycles. The predicted octanol–water partition coefficient (Wildman–Crippen LogP) is 11.7. The van der Waals surface area contributed by atoms with E-state index in [0.717, 1.165) is 5.56 Å². The van der Waals surface area contributed by atoms with E-state index in [4.69, 9.17) is 18.5 Å². The number of halogens is 6. The molecule has 0 aliphatic heterocycles. The summed E-state index contributed by atoms with van der Waals surface area (Å²) in [5.41, 5.74) is 4.57. The number of allylic oxidation sites excluding steroid dienone is 1. The minimum atomic E-state index is -4.82. The Kier molecular flexibility index (Phi) is 15.9. The predicted molar refractivity (Wildman–Crippen MR) is 218 cm³/mol. The van der Waals surface area contributed by atoms with Crippen LogP contribution in [0, 0.1) is 0 Å². The number of benzene rings is 4. The third-order valence-electron chi connectivity index (χ3n) is 9.42. The molecule has 0 aliphatic rings. The maximum Gasteiger partial charge on any atom is 0.573 e. The number of hydrogen-bond acceptors (Lipinski definition) is 10. The monoisotopic (exact) mass is 896 g/mol. The minimum absolute atomic E-state index is 0.00583. The Bertz CT molecular complexity index is 2450. The van der Waals surface area contributed by atoms with Crippen LogP contribution in [0.1, 0.15) is 96.1 Å². The molecular formula is C46H42F6N2O10. The number of nitrogens with zero attached hydrogens (tertiary/aromatic N) is 2. The Morgan fingerprint density at radius 1 is 0.641 bits per heavy atom. The standard InChI is InChI=1S/C23H22F3NO5.C23H20F3NO5/c2*1-14(2)18-8-3-15(11-21(18)32-23(24,25)26)13-30-17-6-4-16(5-7-17)19(12-22(28)29)20-9-10-31-27-20/h3-11,14,19H,12-13H2,1-2H3,(H,28,29);3-11,19H,1,12-13H2,2H3,(H,28,29)/t2*19-/m00/s1. The number of alkyl halides is 6. The molecule has 0 saturated carbocycles. The van der Waals surface area contributed by atoms with Crippen molar-refractivity contribution in [3.63, 3.8) is 0 Å². The van der Waals surface area contributed by atoms with Crippen LogP contribution in [0.25, 0.3) is 5.57 Å². The number of carboxylic acids is 2. The number of aliphatic carboxylic acids is 2. The van der Waals surface area contributed by atoms with Crippen molar-refractivity contribution in [1.82, 2.24) is 10.3 Å². The smallest absolute Gasteiger partial charge is 0.489 e. The average molecular weight is 897 g/mol. The van der Waals surface area contributed by atoms with Crippen LogP contribution in [0.5, 0.6) is 23.0 Å². The SMILES string of the molecule is C=C(C)c1ccc(COc2ccc([C@H](CC(=O)O)c3ccon3)cc2)cc1OC(F)(F)F.CC(C)c1ccc(COc2ccc([C@H](CC(=O)O)c3ccon3)cc2)cc1OC(F)(F)F. The van der Waals surface area contributed by atoms with E-state index in [2.05, 4.69) is 26.4 Å². The first-order valence-electron chi connectivity index (χ1n) is 19.4. The van der Waals surface area contributed by atoms with Gasteiger partial charge in [-0.1, -0.05) is 79.3 Å². The van der Waals surface area contributed by atoms with Crippen molar-refractivity contribution in [2.75, 3.05) is 0 Å². The zero-order valence-corrected chi connectivity index (χ0v) is 34.5. The van der Waals surface area contributed by atoms with E-state index in [0.29, 0.717) is 50.7 Å². The lowest BCUT2D eigenvalue weighted by atomic mass is 9.92. The van der Waals surface area contributed by atoms with Gasteiger partial charge in [0.15, 0.2) is 0 Å². The Hall–Kier alpha value is -7.24. The van der Waals surface area contributed by atoms with Crippen LogP contribution in [-0.2, 0) is 22.8 Å². The molecule has 2 heterocycles. The van der Waals surface area contributed by atoms with Gasteiger partial charge in [0.05, 0.1) is 24.2 Å². The fourth-order valence-corrected chi connectivity index (χ4v) is 6.44. The highest BCUT2D eigenvalue weighted by molar-refractivity contribution is 5.69. The summed E-state index contributed by atoms with van der Waals surface area (Å²) in [5, 5.41) is 26.0. The summed E-state index contributed by atoms with van der Waals surface area (Å²) in [5.74, 6) is -2.70. The lowest BCUT2D eigenvalue weighted by Crippen LogP contribution is -2.18. The van der Waals surface area contributed by atoms with Crippen LogP contribution in [0.3, 0.4) is 0 Å². The Morgan fingerprint density at radius 2 is 1.06 bits per heavy atom. The van der Waals surface area contributed by atoms with Gasteiger partial charge in [-0.25, -0.2) is 0 Å². The number of ether oxygens (including phenoxy) is 4. The second-order valence-electron chi connectivity index (χ2n) is 14.6. The van der Waals surface area contributed by atoms with Crippen molar-refractivity contribution in [3.05, 3.63) is 161 Å². The van der Waals surface area contributed by atoms with Gasteiger partial charge >= 0.3 is 24.7 Å². The van der Waals surface area contributed by atoms with Crippen LogP contribution in [0.15, 0.2) is 125 Å². The Morgan fingerprint density at radius 3 is 1.44 bits per heavy atom. The summed E-state index contributed by atoms with van der Waals surface area (Å²) < 4.78 is 106. The van der Waals surface area contributed by atoms with Crippen molar-refractivity contribution in [2.45, 2.75) is 77.3 Å². The highest BCUT2D eigenvalue weighted by atomic mass is 19.4. The molecule has 6 aromatic rings. The highest BCUT2D eigenvalue weighted by Gasteiger charge is 2.33. The zero-order valence-electron chi connectivity index (χ0n) is 34.5. The number of carboxylic acid groups (broad SMARTS) is 2. The molecule has 338 valence electrons. The Labute approximate surface area is 362 Å². The van der Waals surface area contributed by atoms with E-state index in [1.165, 1.54) is 30.7 Å². The first-order chi connectivity index (χ1) is 30.2. The number of rotatable bonds is 18. The summed E-state index contributed by atoms with van der Waals surface area (Å²) >= 11 is 0. The van der Waals surface area contributed by atoms with Crippen molar-refractivity contribution in [1.29, 1.82) is 0 Å². The molecule has 2 aromatic heterocycles. The van der Waals surface area contributed by atoms with Gasteiger partial charge in [0.2, 0.25) is 0 Å². The molecule has 2 N–H and O–H groups in total. The largest absolute Gasteiger partial charge is 0.573 e. The Balaban J connectivity index is 0.000000241. The summed E-state index contributed by atoms with van der Waals surface area (Å²) in [6.07, 6.45) is -7.17. The summed E-state index contributed by atoms with van der Waals surface area (Å²) in [6.45, 7) is 8.87.